The van der Waals surface area contributed by atoms with Gasteiger partial charge in [0, 0.05) is 43.8 Å². The third-order valence-electron chi connectivity index (χ3n) is 5.39. The molecule has 0 spiro atoms. The zero-order valence-electron chi connectivity index (χ0n) is 16.2. The first-order valence-electron chi connectivity index (χ1n) is 9.57. The first kappa shape index (κ1) is 18.8. The van der Waals surface area contributed by atoms with E-state index >= 15 is 0 Å². The fourth-order valence-electron chi connectivity index (χ4n) is 3.66. The fourth-order valence-corrected chi connectivity index (χ4v) is 3.66. The molecule has 1 aromatic carbocycles. The van der Waals surface area contributed by atoms with Crippen LogP contribution in [0.2, 0.25) is 0 Å². The Balaban J connectivity index is 1.50. The molecule has 0 radical (unpaired) electrons. The van der Waals surface area contributed by atoms with Gasteiger partial charge in [0.1, 0.15) is 0 Å². The van der Waals surface area contributed by atoms with Crippen molar-refractivity contribution in [3.8, 4) is 0 Å². The van der Waals surface area contributed by atoms with E-state index in [-0.39, 0.29) is 5.91 Å². The van der Waals surface area contributed by atoms with E-state index in [4.69, 9.17) is 0 Å². The highest BCUT2D eigenvalue weighted by molar-refractivity contribution is 5.86. The Hall–Kier alpha value is -1.98. The zero-order chi connectivity index (χ0) is 18.5. The molecule has 2 heterocycles. The molecule has 1 saturated heterocycles. The molecule has 0 bridgehead atoms. The second-order valence-electron chi connectivity index (χ2n) is 7.34. The van der Waals surface area contributed by atoms with Crippen molar-refractivity contribution in [1.29, 1.82) is 0 Å². The molecule has 2 aromatic rings. The molecule has 1 aliphatic heterocycles. The van der Waals surface area contributed by atoms with Crippen molar-refractivity contribution >= 4 is 16.8 Å². The number of fused-ring (bicyclic) bond motifs is 1. The number of nitrogens with one attached hydrogen (secondary N) is 1. The molecule has 0 saturated carbocycles. The number of aromatic nitrogens is 1. The van der Waals surface area contributed by atoms with Crippen LogP contribution in [0.1, 0.15) is 23.2 Å². The first-order chi connectivity index (χ1) is 12.5. The standard InChI is InChI=1S/C21H30N4O/c1-16-18-7-4-5-8-20(18)23-17(2)19(16)15-21(26)22-9-6-10-25-13-11-24(3)12-14-25/h4-5,7-8H,6,9-15H2,1-3H3,(H,22,26). The number of carbonyl (C=O) groups is 1. The maximum atomic E-state index is 12.4. The van der Waals surface area contributed by atoms with Crippen molar-refractivity contribution in [3.63, 3.8) is 0 Å². The molecule has 1 aliphatic rings. The minimum Gasteiger partial charge on any atom is -0.356 e. The van der Waals surface area contributed by atoms with Crippen molar-refractivity contribution in [2.24, 2.45) is 0 Å². The number of amides is 1. The van der Waals surface area contributed by atoms with E-state index < -0.39 is 0 Å². The Labute approximate surface area is 156 Å². The minimum absolute atomic E-state index is 0.0895. The van der Waals surface area contributed by atoms with Crippen LogP contribution in [-0.2, 0) is 11.2 Å². The minimum atomic E-state index is 0.0895. The molecule has 5 nitrogen and oxygen atoms in total. The topological polar surface area (TPSA) is 48.5 Å². The number of hydrogen-bond acceptors (Lipinski definition) is 4. The van der Waals surface area contributed by atoms with Crippen molar-refractivity contribution in [2.45, 2.75) is 26.7 Å². The highest BCUT2D eigenvalue weighted by Crippen LogP contribution is 2.22. The molecule has 0 unspecified atom stereocenters. The Kier molecular flexibility index (Phi) is 6.22. The second-order valence-corrected chi connectivity index (χ2v) is 7.34. The van der Waals surface area contributed by atoms with Crippen LogP contribution in [0.5, 0.6) is 0 Å². The Morgan fingerprint density at radius 2 is 1.88 bits per heavy atom. The molecule has 1 fully saturated rings. The van der Waals surface area contributed by atoms with Crippen molar-refractivity contribution in [2.75, 3.05) is 46.3 Å². The number of para-hydroxylation sites is 1. The summed E-state index contributed by atoms with van der Waals surface area (Å²) in [5.41, 5.74) is 4.17. The Morgan fingerprint density at radius 1 is 1.15 bits per heavy atom. The Bertz CT molecular complexity index is 766. The van der Waals surface area contributed by atoms with Crippen LogP contribution in [0.25, 0.3) is 10.9 Å². The van der Waals surface area contributed by atoms with Gasteiger partial charge < -0.3 is 15.1 Å². The summed E-state index contributed by atoms with van der Waals surface area (Å²) >= 11 is 0. The quantitative estimate of drug-likeness (QED) is 0.808. The molecule has 5 heteroatoms. The van der Waals surface area contributed by atoms with Gasteiger partial charge >= 0.3 is 0 Å². The summed E-state index contributed by atoms with van der Waals surface area (Å²) < 4.78 is 0. The lowest BCUT2D eigenvalue weighted by Crippen LogP contribution is -2.45. The Morgan fingerprint density at radius 3 is 2.65 bits per heavy atom. The molecule has 1 aromatic heterocycles. The molecule has 1 N–H and O–H groups in total. The SMILES string of the molecule is Cc1nc2ccccc2c(C)c1CC(=O)NCCCN1CCN(C)CC1. The van der Waals surface area contributed by atoms with E-state index in [1.165, 1.54) is 5.56 Å². The summed E-state index contributed by atoms with van der Waals surface area (Å²) in [6.07, 6.45) is 1.41. The molecule has 0 atom stereocenters. The van der Waals surface area contributed by atoms with E-state index in [0.717, 1.165) is 67.8 Å². The van der Waals surface area contributed by atoms with Gasteiger partial charge in [0.15, 0.2) is 0 Å². The largest absolute Gasteiger partial charge is 0.356 e. The summed E-state index contributed by atoms with van der Waals surface area (Å²) in [6, 6.07) is 8.13. The van der Waals surface area contributed by atoms with Gasteiger partial charge in [0.25, 0.3) is 0 Å². The summed E-state index contributed by atoms with van der Waals surface area (Å²) in [4.78, 5) is 21.9. The van der Waals surface area contributed by atoms with Crippen molar-refractivity contribution < 1.29 is 4.79 Å². The van der Waals surface area contributed by atoms with Crippen LogP contribution >= 0.6 is 0 Å². The number of hydrogen-bond donors (Lipinski definition) is 1. The van der Waals surface area contributed by atoms with Gasteiger partial charge in [0.2, 0.25) is 5.91 Å². The average molecular weight is 354 g/mol. The molecule has 1 amide bonds. The maximum Gasteiger partial charge on any atom is 0.224 e. The lowest BCUT2D eigenvalue weighted by Gasteiger charge is -2.32. The van der Waals surface area contributed by atoms with E-state index in [1.807, 2.05) is 25.1 Å². The summed E-state index contributed by atoms with van der Waals surface area (Å²) in [5.74, 6) is 0.0895. The molecule has 0 aliphatic carbocycles. The van der Waals surface area contributed by atoms with Gasteiger partial charge in [-0.3, -0.25) is 9.78 Å². The number of benzene rings is 1. The van der Waals surface area contributed by atoms with Gasteiger partial charge in [-0.2, -0.15) is 0 Å². The monoisotopic (exact) mass is 354 g/mol. The fraction of sp³-hybridized carbons (Fsp3) is 0.524. The van der Waals surface area contributed by atoms with Gasteiger partial charge in [-0.25, -0.2) is 0 Å². The summed E-state index contributed by atoms with van der Waals surface area (Å²) in [7, 11) is 2.17. The molecular weight excluding hydrogens is 324 g/mol. The van der Waals surface area contributed by atoms with Gasteiger partial charge in [-0.15, -0.1) is 0 Å². The number of piperazine rings is 1. The van der Waals surface area contributed by atoms with Crippen molar-refractivity contribution in [3.05, 3.63) is 41.1 Å². The lowest BCUT2D eigenvalue weighted by atomic mass is 9.99. The van der Waals surface area contributed by atoms with Crippen LogP contribution in [0.3, 0.4) is 0 Å². The number of likely N-dealkylation sites (N-methyl/N-ethyl adjacent to an activating group) is 1. The highest BCUT2D eigenvalue weighted by Gasteiger charge is 2.14. The predicted molar refractivity (Wildman–Crippen MR) is 106 cm³/mol. The van der Waals surface area contributed by atoms with Gasteiger partial charge in [-0.1, -0.05) is 18.2 Å². The van der Waals surface area contributed by atoms with E-state index in [2.05, 4.69) is 40.1 Å². The number of nitrogens with zero attached hydrogens (tertiary/aromatic N) is 3. The number of rotatable bonds is 6. The number of carbonyl (C=O) groups excluding carboxylic acids is 1. The smallest absolute Gasteiger partial charge is 0.224 e. The van der Waals surface area contributed by atoms with Gasteiger partial charge in [0.05, 0.1) is 11.9 Å². The maximum absolute atomic E-state index is 12.4. The average Bonchev–Trinajstić information content (AvgIpc) is 2.64. The van der Waals surface area contributed by atoms with Crippen molar-refractivity contribution in [1.82, 2.24) is 20.1 Å². The normalized spacial score (nSPS) is 16.1. The van der Waals surface area contributed by atoms with E-state index in [1.54, 1.807) is 0 Å². The van der Waals surface area contributed by atoms with Crippen LogP contribution in [-0.4, -0.2) is 67.0 Å². The first-order valence-corrected chi connectivity index (χ1v) is 9.57. The second kappa shape index (κ2) is 8.60. The van der Waals surface area contributed by atoms with Gasteiger partial charge in [-0.05, 0) is 51.1 Å². The molecule has 3 rings (SSSR count). The van der Waals surface area contributed by atoms with Crippen LogP contribution in [0, 0.1) is 13.8 Å². The third kappa shape index (κ3) is 4.59. The predicted octanol–water partition coefficient (Wildman–Crippen LogP) is 2.15. The number of pyridine rings is 1. The zero-order valence-corrected chi connectivity index (χ0v) is 16.2. The van der Waals surface area contributed by atoms with Crippen LogP contribution in [0.15, 0.2) is 24.3 Å². The van der Waals surface area contributed by atoms with Crippen LogP contribution < -0.4 is 5.32 Å². The molecule has 140 valence electrons. The molecular formula is C21H30N4O. The van der Waals surface area contributed by atoms with E-state index in [0.29, 0.717) is 6.42 Å². The van der Waals surface area contributed by atoms with Crippen LogP contribution in [0.4, 0.5) is 0 Å². The van der Waals surface area contributed by atoms with E-state index in [9.17, 15) is 4.79 Å². The number of aryl methyl sites for hydroxylation is 2. The molecule has 26 heavy (non-hydrogen) atoms. The third-order valence-corrected chi connectivity index (χ3v) is 5.39. The summed E-state index contributed by atoms with van der Waals surface area (Å²) in [5, 5.41) is 4.21. The highest BCUT2D eigenvalue weighted by atomic mass is 16.1. The lowest BCUT2D eigenvalue weighted by molar-refractivity contribution is -0.120. The summed E-state index contributed by atoms with van der Waals surface area (Å²) in [6.45, 7) is 10.4.